The predicted octanol–water partition coefficient (Wildman–Crippen LogP) is 4.81. The number of fused-ring (bicyclic) bond motifs is 1. The Morgan fingerprint density at radius 1 is 1.21 bits per heavy atom. The van der Waals surface area contributed by atoms with E-state index in [-0.39, 0.29) is 18.1 Å². The molecule has 1 aromatic carbocycles. The summed E-state index contributed by atoms with van der Waals surface area (Å²) in [5.74, 6) is 0.0793. The summed E-state index contributed by atoms with van der Waals surface area (Å²) < 4.78 is 7.19. The first-order valence-electron chi connectivity index (χ1n) is 9.74. The average Bonchev–Trinajstić information content (AvgIpc) is 3.28. The maximum absolute atomic E-state index is 13.2. The summed E-state index contributed by atoms with van der Waals surface area (Å²) in [6.07, 6.45) is -0.0706. The summed E-state index contributed by atoms with van der Waals surface area (Å²) in [4.78, 5) is 23.8. The van der Waals surface area contributed by atoms with E-state index in [1.54, 1.807) is 11.3 Å². The minimum Gasteiger partial charge on any atom is -0.367 e. The Morgan fingerprint density at radius 3 is 2.64 bits per heavy atom. The van der Waals surface area contributed by atoms with Crippen molar-refractivity contribution < 1.29 is 9.53 Å². The summed E-state index contributed by atoms with van der Waals surface area (Å²) in [6, 6.07) is 12.1. The summed E-state index contributed by atoms with van der Waals surface area (Å²) in [5.41, 5.74) is 1.12. The van der Waals surface area contributed by atoms with E-state index in [1.165, 1.54) is 11.3 Å². The molecule has 0 bridgehead atoms. The van der Waals surface area contributed by atoms with Crippen LogP contribution in [0, 0.1) is 0 Å². The Bertz CT molecular complexity index is 918. The van der Waals surface area contributed by atoms with Gasteiger partial charge in [0, 0.05) is 19.6 Å². The Balaban J connectivity index is 1.54. The highest BCUT2D eigenvalue weighted by molar-refractivity contribution is 7.29. The molecule has 0 saturated carbocycles. The lowest BCUT2D eigenvalue weighted by Crippen LogP contribution is -2.45. The number of morpholine rings is 1. The van der Waals surface area contributed by atoms with Crippen LogP contribution in [0.3, 0.4) is 0 Å². The molecule has 2 atom stereocenters. The molecule has 1 aliphatic rings. The van der Waals surface area contributed by atoms with Crippen LogP contribution in [-0.4, -0.2) is 48.1 Å². The van der Waals surface area contributed by atoms with Gasteiger partial charge in [0.15, 0.2) is 5.13 Å². The summed E-state index contributed by atoms with van der Waals surface area (Å²) >= 11 is 3.16. The molecule has 0 aliphatic carbocycles. The number of benzene rings is 1. The molecule has 4 rings (SSSR count). The van der Waals surface area contributed by atoms with Gasteiger partial charge in [-0.2, -0.15) is 0 Å². The molecule has 0 radical (unpaired) electrons. The molecular formula is C21H25N3O2S2. The number of anilines is 1. The van der Waals surface area contributed by atoms with Gasteiger partial charge < -0.3 is 14.5 Å². The second kappa shape index (κ2) is 8.19. The van der Waals surface area contributed by atoms with Crippen LogP contribution in [0.2, 0.25) is 0 Å². The van der Waals surface area contributed by atoms with Crippen molar-refractivity contribution in [2.45, 2.75) is 33.0 Å². The molecule has 28 heavy (non-hydrogen) atoms. The van der Waals surface area contributed by atoms with E-state index >= 15 is 0 Å². The van der Waals surface area contributed by atoms with Crippen molar-refractivity contribution in [3.05, 3.63) is 46.8 Å². The number of carbonyl (C=O) groups is 1. The number of rotatable bonds is 5. The van der Waals surface area contributed by atoms with Crippen molar-refractivity contribution in [3.63, 3.8) is 0 Å². The third kappa shape index (κ3) is 3.79. The van der Waals surface area contributed by atoms with Crippen LogP contribution in [0.4, 0.5) is 5.13 Å². The third-order valence-corrected chi connectivity index (χ3v) is 7.25. The lowest BCUT2D eigenvalue weighted by molar-refractivity contribution is -0.0690. The minimum absolute atomic E-state index is 0.0105. The minimum atomic E-state index is -0.0811. The van der Waals surface area contributed by atoms with Crippen LogP contribution >= 0.6 is 22.7 Å². The number of nitrogens with zero attached hydrogens (tertiary/aromatic N) is 3. The van der Waals surface area contributed by atoms with Gasteiger partial charge in [-0.25, -0.2) is 4.98 Å². The summed E-state index contributed by atoms with van der Waals surface area (Å²) in [6.45, 7) is 9.38. The van der Waals surface area contributed by atoms with Crippen molar-refractivity contribution in [1.29, 1.82) is 0 Å². The molecule has 0 spiro atoms. The molecule has 3 aromatic rings. The van der Waals surface area contributed by atoms with E-state index in [1.807, 2.05) is 36.1 Å². The molecule has 0 unspecified atom stereocenters. The highest BCUT2D eigenvalue weighted by Crippen LogP contribution is 2.36. The van der Waals surface area contributed by atoms with Crippen molar-refractivity contribution in [3.8, 4) is 0 Å². The molecule has 7 heteroatoms. The Hall–Kier alpha value is -1.96. The molecular weight excluding hydrogens is 390 g/mol. The van der Waals surface area contributed by atoms with Gasteiger partial charge in [-0.05, 0) is 32.4 Å². The van der Waals surface area contributed by atoms with Gasteiger partial charge in [-0.15, -0.1) is 11.3 Å². The van der Waals surface area contributed by atoms with Crippen LogP contribution in [0.5, 0.6) is 0 Å². The second-order valence-corrected chi connectivity index (χ2v) is 9.04. The third-order valence-electron chi connectivity index (χ3n) is 5.04. The lowest BCUT2D eigenvalue weighted by Gasteiger charge is -2.36. The molecule has 5 nitrogen and oxygen atoms in total. The monoisotopic (exact) mass is 415 g/mol. The van der Waals surface area contributed by atoms with E-state index in [4.69, 9.17) is 9.72 Å². The fourth-order valence-electron chi connectivity index (χ4n) is 3.58. The number of amides is 1. The quantitative estimate of drug-likeness (QED) is 0.600. The van der Waals surface area contributed by atoms with E-state index < -0.39 is 0 Å². The van der Waals surface area contributed by atoms with Crippen molar-refractivity contribution in [2.75, 3.05) is 31.1 Å². The first-order valence-corrected chi connectivity index (χ1v) is 11.4. The van der Waals surface area contributed by atoms with Crippen LogP contribution in [0.25, 0.3) is 9.53 Å². The van der Waals surface area contributed by atoms with Gasteiger partial charge in [-0.3, -0.25) is 4.79 Å². The number of thiazole rings is 1. The van der Waals surface area contributed by atoms with Gasteiger partial charge in [0.25, 0.3) is 5.91 Å². The molecule has 1 aliphatic heterocycles. The molecule has 0 N–H and O–H groups in total. The maximum atomic E-state index is 13.2. The molecule has 1 saturated heterocycles. The highest BCUT2D eigenvalue weighted by Gasteiger charge is 2.31. The number of thiophene rings is 1. The van der Waals surface area contributed by atoms with Crippen molar-refractivity contribution >= 4 is 43.2 Å². The fourth-order valence-corrected chi connectivity index (χ4v) is 5.89. The van der Waals surface area contributed by atoms with Gasteiger partial charge >= 0.3 is 0 Å². The molecule has 3 heterocycles. The number of aromatic nitrogens is 1. The zero-order chi connectivity index (χ0) is 19.7. The number of hydrogen-bond donors (Lipinski definition) is 0. The number of ether oxygens (including phenoxy) is 1. The van der Waals surface area contributed by atoms with Crippen LogP contribution in [-0.2, 0) is 4.74 Å². The van der Waals surface area contributed by atoms with Crippen molar-refractivity contribution in [1.82, 2.24) is 9.88 Å². The molecule has 2 aromatic heterocycles. The Kier molecular flexibility index (Phi) is 5.66. The lowest BCUT2D eigenvalue weighted by atomic mass is 10.1. The largest absolute Gasteiger partial charge is 0.367 e. The van der Waals surface area contributed by atoms with Crippen LogP contribution in [0.1, 0.15) is 42.1 Å². The topological polar surface area (TPSA) is 45.7 Å². The van der Waals surface area contributed by atoms with E-state index in [0.717, 1.165) is 38.2 Å². The maximum Gasteiger partial charge on any atom is 0.264 e. The Labute approximate surface area is 173 Å². The van der Waals surface area contributed by atoms with Gasteiger partial charge in [0.1, 0.15) is 10.9 Å². The van der Waals surface area contributed by atoms with Gasteiger partial charge in [0.2, 0.25) is 0 Å². The smallest absolute Gasteiger partial charge is 0.264 e. The number of carbonyl (C=O) groups excluding carboxylic acids is 1. The molecule has 1 amide bonds. The standard InChI is InChI=1S/C21H25N3O2S2/c1-4-23(5-2)21-22-19-17(28-21)11-18(27-19)20(25)24-12-14(3)26-16(13-24)15-9-7-6-8-10-15/h6-11,14,16H,4-5,12-13H2,1-3H3/t14-,16+/m0/s1. The average molecular weight is 416 g/mol. The summed E-state index contributed by atoms with van der Waals surface area (Å²) in [5, 5.41) is 1.04. The summed E-state index contributed by atoms with van der Waals surface area (Å²) in [7, 11) is 0. The van der Waals surface area contributed by atoms with Gasteiger partial charge in [0.05, 0.1) is 22.2 Å². The predicted molar refractivity (Wildman–Crippen MR) is 117 cm³/mol. The van der Waals surface area contributed by atoms with E-state index in [9.17, 15) is 4.79 Å². The zero-order valence-electron chi connectivity index (χ0n) is 16.4. The molecule has 148 valence electrons. The first kappa shape index (κ1) is 19.4. The van der Waals surface area contributed by atoms with E-state index in [0.29, 0.717) is 13.1 Å². The SMILES string of the molecule is CCN(CC)c1nc2sc(C(=O)N3C[C@H](C)O[C@@H](c4ccccc4)C3)cc2s1. The second-order valence-electron chi connectivity index (χ2n) is 7.00. The zero-order valence-corrected chi connectivity index (χ0v) is 18.1. The van der Waals surface area contributed by atoms with Crippen LogP contribution < -0.4 is 4.90 Å². The Morgan fingerprint density at radius 2 is 1.96 bits per heavy atom. The van der Waals surface area contributed by atoms with Crippen molar-refractivity contribution in [2.24, 2.45) is 0 Å². The number of hydrogen-bond acceptors (Lipinski definition) is 6. The fraction of sp³-hybridized carbons (Fsp3) is 0.429. The first-order chi connectivity index (χ1) is 13.6. The normalized spacial score (nSPS) is 19.9. The highest BCUT2D eigenvalue weighted by atomic mass is 32.1. The van der Waals surface area contributed by atoms with Crippen LogP contribution in [0.15, 0.2) is 36.4 Å². The van der Waals surface area contributed by atoms with Gasteiger partial charge in [-0.1, -0.05) is 41.7 Å². The molecule has 1 fully saturated rings. The van der Waals surface area contributed by atoms with E-state index in [2.05, 4.69) is 30.9 Å².